The molecule has 2 rings (SSSR count). The molecule has 3 atom stereocenters. The van der Waals surface area contributed by atoms with E-state index in [0.29, 0.717) is 13.0 Å². The van der Waals surface area contributed by atoms with Crippen molar-refractivity contribution < 1.29 is 23.2 Å². The van der Waals surface area contributed by atoms with Crippen LogP contribution >= 0.6 is 0 Å². The second-order valence-corrected chi connectivity index (χ2v) is 21.4. The van der Waals surface area contributed by atoms with E-state index in [1.807, 2.05) is 0 Å². The monoisotopic (exact) mass is 470 g/mol. The Morgan fingerprint density at radius 2 is 1.65 bits per heavy atom. The molecule has 7 nitrogen and oxygen atoms in total. The van der Waals surface area contributed by atoms with Gasteiger partial charge in [0.05, 0.1) is 19.3 Å². The van der Waals surface area contributed by atoms with Gasteiger partial charge in [-0.3, -0.25) is 9.69 Å². The summed E-state index contributed by atoms with van der Waals surface area (Å²) in [4.78, 5) is 29.6. The number of amides is 2. The Hall–Kier alpha value is -0.876. The molecule has 1 fully saturated rings. The predicted molar refractivity (Wildman–Crippen MR) is 129 cm³/mol. The molecule has 0 aromatic heterocycles. The van der Waals surface area contributed by atoms with E-state index in [1.54, 1.807) is 4.90 Å². The maximum atomic E-state index is 12.4. The smallest absolute Gasteiger partial charge is 0.346 e. The summed E-state index contributed by atoms with van der Waals surface area (Å²) in [6.45, 7) is 24.2. The Balaban J connectivity index is 2.19. The molecule has 0 aromatic rings. The molecule has 0 spiro atoms. The van der Waals surface area contributed by atoms with Gasteiger partial charge in [-0.05, 0) is 36.3 Å². The largest absolute Gasteiger partial charge is 0.414 e. The Kier molecular flexibility index (Phi) is 7.50. The lowest BCUT2D eigenvalue weighted by molar-refractivity contribution is -0.111. The van der Waals surface area contributed by atoms with Crippen LogP contribution in [-0.4, -0.2) is 70.6 Å². The summed E-state index contributed by atoms with van der Waals surface area (Å²) >= 11 is 0. The summed E-state index contributed by atoms with van der Waals surface area (Å²) in [5.74, 6) is -0.180. The summed E-state index contributed by atoms with van der Waals surface area (Å²) in [6.07, 6.45) is -0.326. The van der Waals surface area contributed by atoms with Gasteiger partial charge in [0, 0.05) is 13.3 Å². The van der Waals surface area contributed by atoms with Crippen molar-refractivity contribution >= 4 is 34.2 Å². The molecule has 2 amide bonds. The molecule has 0 N–H and O–H groups in total. The van der Waals surface area contributed by atoms with Gasteiger partial charge in [-0.15, -0.1) is 0 Å². The van der Waals surface area contributed by atoms with Crippen LogP contribution < -0.4 is 0 Å². The normalized spacial score (nSPS) is 25.9. The first kappa shape index (κ1) is 26.4. The van der Waals surface area contributed by atoms with Crippen molar-refractivity contribution in [2.75, 3.05) is 13.2 Å². The number of ether oxygens (including phenoxy) is 1. The van der Waals surface area contributed by atoms with E-state index in [1.165, 1.54) is 6.92 Å². The third-order valence-corrected chi connectivity index (χ3v) is 16.4. The van der Waals surface area contributed by atoms with Crippen molar-refractivity contribution in [3.05, 3.63) is 0 Å². The molecule has 9 heteroatoms. The topological polar surface area (TPSA) is 77.4 Å². The van der Waals surface area contributed by atoms with Gasteiger partial charge in [-0.2, -0.15) is 4.99 Å². The third kappa shape index (κ3) is 5.93. The lowest BCUT2D eigenvalue weighted by Crippen LogP contribution is -2.48. The molecule has 2 heterocycles. The van der Waals surface area contributed by atoms with E-state index in [4.69, 9.17) is 13.6 Å². The predicted octanol–water partition coefficient (Wildman–Crippen LogP) is 4.98. The first-order valence-electron chi connectivity index (χ1n) is 11.2. The molecule has 0 aromatic carbocycles. The maximum Gasteiger partial charge on any atom is 0.346 e. The molecule has 0 saturated carbocycles. The van der Waals surface area contributed by atoms with Crippen LogP contribution in [0.5, 0.6) is 0 Å². The third-order valence-electron chi connectivity index (χ3n) is 7.40. The van der Waals surface area contributed by atoms with E-state index in [9.17, 15) is 9.59 Å². The standard InChI is InChI=1S/C22H42N2O5Si2/c1-15(25)16-13-24(20(26)23-16)19-12-17(29-31(10,11)22(5,6)7)18(28-19)14-27-30(8,9)21(2,3)4/h17-19H,12-14H2,1-11H3/t17-,18+,19+/m0/s1. The van der Waals surface area contributed by atoms with Crippen LogP contribution in [0.4, 0.5) is 4.79 Å². The highest BCUT2D eigenvalue weighted by Crippen LogP contribution is 2.41. The molecule has 2 aliphatic rings. The van der Waals surface area contributed by atoms with Gasteiger partial charge in [0.1, 0.15) is 18.0 Å². The highest BCUT2D eigenvalue weighted by Gasteiger charge is 2.48. The zero-order valence-corrected chi connectivity index (χ0v) is 23.3. The average molecular weight is 471 g/mol. The van der Waals surface area contributed by atoms with E-state index in [0.717, 1.165) is 0 Å². The first-order chi connectivity index (χ1) is 13.9. The van der Waals surface area contributed by atoms with Gasteiger partial charge >= 0.3 is 6.03 Å². The Morgan fingerprint density at radius 3 is 2.10 bits per heavy atom. The molecule has 0 unspecified atom stereocenters. The van der Waals surface area contributed by atoms with Crippen molar-refractivity contribution in [1.29, 1.82) is 0 Å². The number of hydrogen-bond acceptors (Lipinski definition) is 5. The number of rotatable bonds is 7. The van der Waals surface area contributed by atoms with Crippen LogP contribution in [0.1, 0.15) is 54.9 Å². The van der Waals surface area contributed by atoms with E-state index in [2.05, 4.69) is 72.7 Å². The molecule has 0 aliphatic carbocycles. The fraction of sp³-hybridized carbons (Fsp3) is 0.864. The number of carbonyl (C=O) groups is 2. The second-order valence-electron chi connectivity index (χ2n) is 11.9. The van der Waals surface area contributed by atoms with Crippen LogP contribution in [0.3, 0.4) is 0 Å². The molecule has 0 radical (unpaired) electrons. The molecular weight excluding hydrogens is 428 g/mol. The minimum atomic E-state index is -2.05. The molecule has 178 valence electrons. The lowest BCUT2D eigenvalue weighted by Gasteiger charge is -2.40. The van der Waals surface area contributed by atoms with E-state index in [-0.39, 0.29) is 40.3 Å². The first-order valence-corrected chi connectivity index (χ1v) is 17.0. The van der Waals surface area contributed by atoms with Crippen LogP contribution in [0.15, 0.2) is 4.99 Å². The van der Waals surface area contributed by atoms with Gasteiger partial charge in [0.2, 0.25) is 0 Å². The molecule has 2 aliphatic heterocycles. The summed E-state index contributed by atoms with van der Waals surface area (Å²) in [5.41, 5.74) is 0.288. The summed E-state index contributed by atoms with van der Waals surface area (Å²) in [5, 5.41) is 0.153. The SMILES string of the molecule is CC(=O)C1=NC(=O)N([C@H]2C[C@H](O[Si](C)(C)C(C)(C)C)[C@@H](CO[Si](C)(C)C(C)(C)C)O2)C1. The zero-order valence-electron chi connectivity index (χ0n) is 21.3. The van der Waals surface area contributed by atoms with Crippen LogP contribution in [-0.2, 0) is 18.4 Å². The van der Waals surface area contributed by atoms with Gasteiger partial charge in [-0.25, -0.2) is 4.79 Å². The minimum absolute atomic E-state index is 0.0598. The van der Waals surface area contributed by atoms with Gasteiger partial charge in [0.15, 0.2) is 22.4 Å². The molecule has 1 saturated heterocycles. The number of hydrogen-bond donors (Lipinski definition) is 0. The summed E-state index contributed by atoms with van der Waals surface area (Å²) in [7, 11) is -4.01. The number of urea groups is 1. The fourth-order valence-electron chi connectivity index (χ4n) is 3.09. The van der Waals surface area contributed by atoms with Crippen LogP contribution in [0.25, 0.3) is 0 Å². The van der Waals surface area contributed by atoms with E-state index >= 15 is 0 Å². The number of ketones is 1. The van der Waals surface area contributed by atoms with Gasteiger partial charge in [0.25, 0.3) is 0 Å². The quantitative estimate of drug-likeness (QED) is 0.490. The van der Waals surface area contributed by atoms with Crippen LogP contribution in [0.2, 0.25) is 36.3 Å². The summed E-state index contributed by atoms with van der Waals surface area (Å²) in [6, 6.07) is -0.410. The zero-order chi connectivity index (χ0) is 24.0. The fourth-order valence-corrected chi connectivity index (χ4v) is 5.46. The number of nitrogens with zero attached hydrogens (tertiary/aromatic N) is 2. The molecular formula is C22H42N2O5Si2. The molecule has 31 heavy (non-hydrogen) atoms. The van der Waals surface area contributed by atoms with Crippen LogP contribution in [0, 0.1) is 0 Å². The van der Waals surface area contributed by atoms with Gasteiger partial charge < -0.3 is 13.6 Å². The van der Waals surface area contributed by atoms with Crippen molar-refractivity contribution in [1.82, 2.24) is 4.90 Å². The van der Waals surface area contributed by atoms with Gasteiger partial charge in [-0.1, -0.05) is 41.5 Å². The van der Waals surface area contributed by atoms with E-state index < -0.39 is 28.9 Å². The number of aliphatic imine (C=N–C) groups is 1. The Morgan fingerprint density at radius 1 is 1.10 bits per heavy atom. The second kappa shape index (κ2) is 8.81. The number of carbonyl (C=O) groups excluding carboxylic acids is 2. The molecule has 0 bridgehead atoms. The van der Waals surface area contributed by atoms with Crippen molar-refractivity contribution in [2.45, 2.75) is 110 Å². The van der Waals surface area contributed by atoms with Crippen molar-refractivity contribution in [3.8, 4) is 0 Å². The average Bonchev–Trinajstić information content (AvgIpc) is 3.14. The van der Waals surface area contributed by atoms with Crippen molar-refractivity contribution in [2.24, 2.45) is 4.99 Å². The lowest BCUT2D eigenvalue weighted by atomic mass is 10.2. The number of Topliss-reactive ketones (excluding diaryl/α,β-unsaturated/α-hetero) is 1. The maximum absolute atomic E-state index is 12.4. The minimum Gasteiger partial charge on any atom is -0.414 e. The Bertz CT molecular complexity index is 737. The summed E-state index contributed by atoms with van der Waals surface area (Å²) < 4.78 is 19.5. The Labute approximate surface area is 190 Å². The van der Waals surface area contributed by atoms with Crippen molar-refractivity contribution in [3.63, 3.8) is 0 Å². The highest BCUT2D eigenvalue weighted by molar-refractivity contribution is 6.74. The highest BCUT2D eigenvalue weighted by atomic mass is 28.4.